The molecule has 4 nitrogen and oxygen atoms in total. The van der Waals surface area contributed by atoms with Crippen molar-refractivity contribution < 1.29 is 47.2 Å². The number of carbonyl (C=O) groups is 2. The summed E-state index contributed by atoms with van der Waals surface area (Å²) >= 11 is 0. The first kappa shape index (κ1) is 22.6. The minimum atomic E-state index is -1.82. The van der Waals surface area contributed by atoms with E-state index in [9.17, 15) is 0 Å². The standard InChI is InChI=1S/C2H2O4.Ba.Sr.Ti.4H/c3-1(4)2(5)6;;;;;;;/h(H,3,4)(H,5,6);;;;;;;/q;2*+2;;4*-1. The molecule has 0 rings (SSSR count). The van der Waals surface area contributed by atoms with Crippen LogP contribution in [0.15, 0.2) is 0 Å². The summed E-state index contributed by atoms with van der Waals surface area (Å²) in [6.07, 6.45) is 0. The van der Waals surface area contributed by atoms with E-state index < -0.39 is 11.9 Å². The smallest absolute Gasteiger partial charge is 1.00 e. The molecule has 0 aromatic rings. The van der Waals surface area contributed by atoms with Gasteiger partial charge >= 0.3 is 106 Å². The first-order chi connectivity index (χ1) is 2.64. The fraction of sp³-hybridized carbons (Fsp3) is 0. The Morgan fingerprint density at radius 1 is 1.11 bits per heavy atom. The molecule has 0 saturated heterocycles. The van der Waals surface area contributed by atoms with Crippen LogP contribution in [-0.4, -0.2) is 117 Å². The van der Waals surface area contributed by atoms with Gasteiger partial charge < -0.3 is 15.9 Å². The largest absolute Gasteiger partial charge is 2.00 e. The molecular weight excluding hydrogens is 361 g/mol. The second-order valence-electron chi connectivity index (χ2n) is 0.610. The normalized spacial score (nSPS) is 4.89. The first-order valence-corrected chi connectivity index (χ1v) is 1.11. The number of aliphatic carboxylic acids is 2. The molecule has 0 aliphatic carbocycles. The van der Waals surface area contributed by atoms with Crippen molar-refractivity contribution in [2.24, 2.45) is 0 Å². The van der Waals surface area contributed by atoms with Gasteiger partial charge in [-0.2, -0.15) is 0 Å². The zero-order valence-electron chi connectivity index (χ0n) is 8.63. The van der Waals surface area contributed by atoms with Gasteiger partial charge in [0, 0.05) is 21.7 Å². The van der Waals surface area contributed by atoms with E-state index in [0.717, 1.165) is 0 Å². The van der Waals surface area contributed by atoms with E-state index in [1.807, 2.05) is 0 Å². The van der Waals surface area contributed by atoms with Crippen LogP contribution in [0.25, 0.3) is 0 Å². The molecule has 0 fully saturated rings. The molecular formula is C2H6BaO4SrTi. The van der Waals surface area contributed by atoms with Crippen LogP contribution in [0, 0.1) is 0 Å². The Balaban J connectivity index is -0.00000000595. The molecule has 0 bridgehead atoms. The van der Waals surface area contributed by atoms with Gasteiger partial charge in [-0.15, -0.1) is 0 Å². The van der Waals surface area contributed by atoms with Gasteiger partial charge in [-0.25, -0.2) is 9.59 Å². The molecule has 7 heteroatoms. The molecule has 9 heavy (non-hydrogen) atoms. The number of rotatable bonds is 0. The third-order valence-electron chi connectivity index (χ3n) is 0.183. The van der Waals surface area contributed by atoms with E-state index in [0.29, 0.717) is 0 Å². The van der Waals surface area contributed by atoms with Gasteiger partial charge in [0.25, 0.3) is 0 Å². The minimum Gasteiger partial charge on any atom is -1.00 e. The average Bonchev–Trinajstić information content (AvgIpc) is 1.36. The molecule has 0 radical (unpaired) electrons. The summed E-state index contributed by atoms with van der Waals surface area (Å²) in [5.74, 6) is -3.65. The van der Waals surface area contributed by atoms with Crippen LogP contribution in [0.2, 0.25) is 0 Å². The summed E-state index contributed by atoms with van der Waals surface area (Å²) in [6.45, 7) is 0. The molecule has 46 valence electrons. The molecule has 0 heterocycles. The van der Waals surface area contributed by atoms with Crippen LogP contribution >= 0.6 is 0 Å². The third kappa shape index (κ3) is 18.0. The Morgan fingerprint density at radius 2 is 1.22 bits per heavy atom. The fourth-order valence-corrected chi connectivity index (χ4v) is 0. The molecule has 0 unspecified atom stereocenters. The zero-order valence-corrected chi connectivity index (χ0v) is 14.1. The fourth-order valence-electron chi connectivity index (χ4n) is 0. The van der Waals surface area contributed by atoms with Crippen molar-refractivity contribution in [1.82, 2.24) is 0 Å². The van der Waals surface area contributed by atoms with Crippen molar-refractivity contribution in [2.75, 3.05) is 0 Å². The van der Waals surface area contributed by atoms with Crippen LogP contribution in [0.5, 0.6) is 0 Å². The Bertz CT molecular complexity index is 96.1. The number of hydrogen-bond donors (Lipinski definition) is 2. The van der Waals surface area contributed by atoms with Gasteiger partial charge in [-0.1, -0.05) is 0 Å². The van der Waals surface area contributed by atoms with Crippen molar-refractivity contribution in [3.8, 4) is 0 Å². The number of hydrogen-bond acceptors (Lipinski definition) is 2. The van der Waals surface area contributed by atoms with E-state index in [-0.39, 0.29) is 122 Å². The van der Waals surface area contributed by atoms with E-state index in [4.69, 9.17) is 19.8 Å². The Labute approximate surface area is 150 Å². The maximum absolute atomic E-state index is 9.10. The molecule has 0 atom stereocenters. The van der Waals surface area contributed by atoms with Gasteiger partial charge in [0.05, 0.1) is 0 Å². The van der Waals surface area contributed by atoms with E-state index in [1.54, 1.807) is 0 Å². The van der Waals surface area contributed by atoms with Gasteiger partial charge in [0.15, 0.2) is 0 Å². The average molecular weight is 367 g/mol. The summed E-state index contributed by atoms with van der Waals surface area (Å²) in [5.41, 5.74) is 0. The maximum atomic E-state index is 9.10. The SMILES string of the molecule is O=C(O)C(=O)O.[Ba+2].[H-].[H-].[H-].[H-].[Sr+2].[Ti]. The van der Waals surface area contributed by atoms with Crippen molar-refractivity contribution in [2.45, 2.75) is 0 Å². The van der Waals surface area contributed by atoms with Gasteiger partial charge in [0.2, 0.25) is 0 Å². The number of carboxylic acids is 2. The Hall–Kier alpha value is 2.71. The number of carboxylic acid groups (broad SMARTS) is 2. The van der Waals surface area contributed by atoms with Crippen LogP contribution in [0.4, 0.5) is 0 Å². The zero-order chi connectivity index (χ0) is 5.15. The first-order valence-electron chi connectivity index (χ1n) is 1.11. The van der Waals surface area contributed by atoms with Crippen LogP contribution in [0.3, 0.4) is 0 Å². The molecule has 0 aliphatic rings. The minimum absolute atomic E-state index is 0. The molecule has 2 N–H and O–H groups in total. The summed E-state index contributed by atoms with van der Waals surface area (Å²) in [4.78, 5) is 18.2. The third-order valence-corrected chi connectivity index (χ3v) is 0.183. The summed E-state index contributed by atoms with van der Waals surface area (Å²) in [6, 6.07) is 0. The van der Waals surface area contributed by atoms with Crippen molar-refractivity contribution in [1.29, 1.82) is 0 Å². The van der Waals surface area contributed by atoms with Crippen molar-refractivity contribution >= 4 is 106 Å². The summed E-state index contributed by atoms with van der Waals surface area (Å²) in [5, 5.41) is 14.8. The summed E-state index contributed by atoms with van der Waals surface area (Å²) in [7, 11) is 0. The summed E-state index contributed by atoms with van der Waals surface area (Å²) < 4.78 is 0. The molecule has 0 aromatic carbocycles. The predicted molar refractivity (Wildman–Crippen MR) is 31.2 cm³/mol. The van der Waals surface area contributed by atoms with Gasteiger partial charge in [-0.05, 0) is 0 Å². The second kappa shape index (κ2) is 13.3. The molecule has 0 amide bonds. The van der Waals surface area contributed by atoms with Crippen LogP contribution in [-0.2, 0) is 31.3 Å². The monoisotopic (exact) mass is 368 g/mol. The topological polar surface area (TPSA) is 74.6 Å². The van der Waals surface area contributed by atoms with Crippen molar-refractivity contribution in [3.05, 3.63) is 0 Å². The maximum Gasteiger partial charge on any atom is 2.00 e. The van der Waals surface area contributed by atoms with Gasteiger partial charge in [0.1, 0.15) is 0 Å². The van der Waals surface area contributed by atoms with E-state index in [1.165, 1.54) is 0 Å². The molecule has 0 spiro atoms. The van der Waals surface area contributed by atoms with Crippen LogP contribution < -0.4 is 0 Å². The quantitative estimate of drug-likeness (QED) is 0.419. The Kier molecular flexibility index (Phi) is 33.4. The van der Waals surface area contributed by atoms with Gasteiger partial charge in [-0.3, -0.25) is 0 Å². The van der Waals surface area contributed by atoms with E-state index >= 15 is 0 Å². The predicted octanol–water partition coefficient (Wildman–Crippen LogP) is -1.16. The van der Waals surface area contributed by atoms with E-state index in [2.05, 4.69) is 0 Å². The molecule has 0 aromatic heterocycles. The van der Waals surface area contributed by atoms with Crippen LogP contribution in [0.1, 0.15) is 5.71 Å². The van der Waals surface area contributed by atoms with Crippen molar-refractivity contribution in [3.63, 3.8) is 0 Å². The molecule has 0 aliphatic heterocycles. The Morgan fingerprint density at radius 3 is 1.22 bits per heavy atom. The molecule has 0 saturated carbocycles. The second-order valence-corrected chi connectivity index (χ2v) is 0.610.